The van der Waals surface area contributed by atoms with E-state index in [1.54, 1.807) is 0 Å². The van der Waals surface area contributed by atoms with Gasteiger partial charge in [0.05, 0.1) is 22.0 Å². The molecule has 0 aliphatic carbocycles. The summed E-state index contributed by atoms with van der Waals surface area (Å²) in [5, 5.41) is 4.55. The van der Waals surface area contributed by atoms with Crippen molar-refractivity contribution in [1.82, 2.24) is 0 Å². The van der Waals surface area contributed by atoms with Crippen molar-refractivity contribution in [3.63, 3.8) is 0 Å². The summed E-state index contributed by atoms with van der Waals surface area (Å²) in [6, 6.07) is 27.9. The summed E-state index contributed by atoms with van der Waals surface area (Å²) >= 11 is 0. The highest BCUT2D eigenvalue weighted by molar-refractivity contribution is 7.87. The second-order valence-corrected chi connectivity index (χ2v) is 18.5. The Morgan fingerprint density at radius 2 is 0.933 bits per heavy atom. The van der Waals surface area contributed by atoms with Crippen molar-refractivity contribution in [3.05, 3.63) is 95.6 Å². The lowest BCUT2D eigenvalue weighted by molar-refractivity contribution is 0.452. The second-order valence-electron chi connectivity index (χ2n) is 15.9. The fraction of sp³-hybridized carbons (Fsp3) is 0.300. The van der Waals surface area contributed by atoms with Crippen LogP contribution in [0.1, 0.15) is 79.0 Å². The largest absolute Gasteiger partial charge is 0.455 e. The molecule has 3 aliphatic rings. The lowest BCUT2D eigenvalue weighted by Crippen LogP contribution is -2.43. The summed E-state index contributed by atoms with van der Waals surface area (Å²) in [5.41, 5.74) is 5.73. The molecule has 0 unspecified atom stereocenters. The zero-order valence-electron chi connectivity index (χ0n) is 27.6. The van der Waals surface area contributed by atoms with E-state index in [4.69, 9.17) is 9.47 Å². The van der Waals surface area contributed by atoms with E-state index in [9.17, 15) is 0 Å². The minimum absolute atomic E-state index is 0.149. The lowest BCUT2D eigenvalue weighted by Gasteiger charge is -2.45. The van der Waals surface area contributed by atoms with Gasteiger partial charge in [-0.2, -0.15) is 0 Å². The van der Waals surface area contributed by atoms with E-state index in [0.717, 1.165) is 49.7 Å². The minimum Gasteiger partial charge on any atom is -0.455 e. The van der Waals surface area contributed by atoms with E-state index < -0.39 is 7.14 Å². The summed E-state index contributed by atoms with van der Waals surface area (Å²) in [6.45, 7) is 19.9. The van der Waals surface area contributed by atoms with E-state index in [0.29, 0.717) is 28.3 Å². The van der Waals surface area contributed by atoms with Gasteiger partial charge >= 0.3 is 0 Å². The monoisotopic (exact) mass is 613 g/mol. The molecule has 0 spiro atoms. The van der Waals surface area contributed by atoms with Gasteiger partial charge in [0.2, 0.25) is 0 Å². The normalized spacial score (nSPS) is 15.8. The van der Waals surface area contributed by atoms with Gasteiger partial charge in [-0.25, -0.2) is 0 Å². The molecule has 45 heavy (non-hydrogen) atoms. The zero-order valence-corrected chi connectivity index (χ0v) is 28.5. The number of fused-ring (bicyclic) bond motifs is 1. The SMILES string of the molecule is CC(C)(C)c1cc2c3c(c1)Oc1cc(C(C)(C)C)cc4c1P3(=O)c1c(cc(C(C)(C)C)cc1N4c1ccc3ccccc3c1)O2. The fourth-order valence-electron chi connectivity index (χ4n) is 6.96. The first kappa shape index (κ1) is 28.5. The quantitative estimate of drug-likeness (QED) is 0.173. The highest BCUT2D eigenvalue weighted by atomic mass is 31.2. The summed E-state index contributed by atoms with van der Waals surface area (Å²) in [7, 11) is -3.40. The number of ether oxygens (including phenoxy) is 2. The topological polar surface area (TPSA) is 38.8 Å². The van der Waals surface area contributed by atoms with Gasteiger partial charge in [-0.15, -0.1) is 0 Å². The summed E-state index contributed by atoms with van der Waals surface area (Å²) in [4.78, 5) is 2.30. The van der Waals surface area contributed by atoms with Crippen molar-refractivity contribution in [2.45, 2.75) is 78.6 Å². The average molecular weight is 614 g/mol. The molecular formula is C40H40NO3P. The molecule has 0 fully saturated rings. The molecule has 0 N–H and O–H groups in total. The summed E-state index contributed by atoms with van der Waals surface area (Å²) in [6.07, 6.45) is 0. The van der Waals surface area contributed by atoms with Crippen molar-refractivity contribution >= 4 is 50.9 Å². The van der Waals surface area contributed by atoms with Gasteiger partial charge in [0, 0.05) is 5.69 Å². The van der Waals surface area contributed by atoms with Crippen LogP contribution in [0.15, 0.2) is 78.9 Å². The first-order chi connectivity index (χ1) is 21.0. The van der Waals surface area contributed by atoms with Crippen LogP contribution in [0.5, 0.6) is 23.0 Å². The van der Waals surface area contributed by atoms with Crippen LogP contribution in [0.3, 0.4) is 0 Å². The number of rotatable bonds is 1. The number of benzene rings is 5. The third-order valence-corrected chi connectivity index (χ3v) is 12.8. The molecule has 8 rings (SSSR count). The van der Waals surface area contributed by atoms with Crippen LogP contribution in [0, 0.1) is 0 Å². The van der Waals surface area contributed by atoms with Gasteiger partial charge in [-0.05, 0) is 92.2 Å². The average Bonchev–Trinajstić information content (AvgIpc) is 2.94. The maximum atomic E-state index is 16.3. The van der Waals surface area contributed by atoms with Crippen LogP contribution in [0.2, 0.25) is 0 Å². The van der Waals surface area contributed by atoms with E-state index in [2.05, 4.69) is 146 Å². The molecule has 0 amide bonds. The Hall–Kier alpha value is -4.01. The van der Waals surface area contributed by atoms with Gasteiger partial charge in [-0.1, -0.05) is 92.6 Å². The Bertz CT molecular complexity index is 2060. The molecule has 3 aliphatic heterocycles. The maximum Gasteiger partial charge on any atom is 0.189 e. The van der Waals surface area contributed by atoms with Crippen molar-refractivity contribution in [1.29, 1.82) is 0 Å². The van der Waals surface area contributed by atoms with Crippen molar-refractivity contribution in [3.8, 4) is 23.0 Å². The fourth-order valence-corrected chi connectivity index (χ4v) is 10.3. The molecule has 0 aromatic heterocycles. The van der Waals surface area contributed by atoms with Gasteiger partial charge in [-0.3, -0.25) is 0 Å². The number of nitrogens with zero attached hydrogens (tertiary/aromatic N) is 1. The molecule has 5 aromatic rings. The van der Waals surface area contributed by atoms with Crippen molar-refractivity contribution in [2.75, 3.05) is 4.90 Å². The van der Waals surface area contributed by atoms with Crippen LogP contribution < -0.4 is 30.3 Å². The van der Waals surface area contributed by atoms with Gasteiger partial charge in [0.15, 0.2) is 7.14 Å². The first-order valence-corrected chi connectivity index (χ1v) is 17.6. The van der Waals surface area contributed by atoms with Gasteiger partial charge < -0.3 is 18.9 Å². The van der Waals surface area contributed by atoms with Crippen LogP contribution in [0.4, 0.5) is 17.1 Å². The third kappa shape index (κ3) is 4.01. The van der Waals surface area contributed by atoms with Gasteiger partial charge in [0.1, 0.15) is 28.3 Å². The van der Waals surface area contributed by atoms with E-state index in [-0.39, 0.29) is 16.2 Å². The second kappa shape index (κ2) is 8.83. The summed E-state index contributed by atoms with van der Waals surface area (Å²) < 4.78 is 30.0. The first-order valence-electron chi connectivity index (χ1n) is 15.9. The number of hydrogen-bond donors (Lipinski definition) is 0. The van der Waals surface area contributed by atoms with Gasteiger partial charge in [0.25, 0.3) is 0 Å². The molecule has 0 saturated heterocycles. The number of hydrogen-bond acceptors (Lipinski definition) is 4. The molecular weight excluding hydrogens is 573 g/mol. The van der Waals surface area contributed by atoms with E-state index >= 15 is 4.57 Å². The maximum absolute atomic E-state index is 16.3. The highest BCUT2D eigenvalue weighted by Crippen LogP contribution is 2.66. The standard InChI is InChI=1S/C40H40NO3P/c1-38(2,3)25-17-29-35-31(19-25)43-33-21-27(40(7,8)9)22-34-37(33)45(35,42)36-30(18-26(39(4,5)6)20-32(36)44-34)41(29)28-15-14-23-12-10-11-13-24(23)16-28/h10-22H,1-9H3. The molecule has 228 valence electrons. The van der Waals surface area contributed by atoms with E-state index in [1.807, 2.05) is 0 Å². The highest BCUT2D eigenvalue weighted by Gasteiger charge is 2.54. The molecule has 0 bridgehead atoms. The van der Waals surface area contributed by atoms with Crippen LogP contribution >= 0.6 is 7.14 Å². The van der Waals surface area contributed by atoms with Crippen LogP contribution in [0.25, 0.3) is 10.8 Å². The van der Waals surface area contributed by atoms with E-state index in [1.165, 1.54) is 5.39 Å². The molecule has 5 heteroatoms. The Labute approximate surface area is 266 Å². The molecule has 3 heterocycles. The van der Waals surface area contributed by atoms with Crippen molar-refractivity contribution < 1.29 is 14.0 Å². The Morgan fingerprint density at radius 1 is 0.511 bits per heavy atom. The van der Waals surface area contributed by atoms with Crippen LogP contribution in [-0.2, 0) is 20.8 Å². The smallest absolute Gasteiger partial charge is 0.189 e. The predicted molar refractivity (Wildman–Crippen MR) is 188 cm³/mol. The molecule has 0 radical (unpaired) electrons. The molecule has 5 aromatic carbocycles. The van der Waals surface area contributed by atoms with Crippen molar-refractivity contribution in [2.24, 2.45) is 0 Å². The lowest BCUT2D eigenvalue weighted by atomic mass is 9.85. The minimum atomic E-state index is -3.40. The Morgan fingerprint density at radius 3 is 1.40 bits per heavy atom. The Kier molecular flexibility index (Phi) is 5.58. The van der Waals surface area contributed by atoms with Crippen LogP contribution in [-0.4, -0.2) is 0 Å². The zero-order chi connectivity index (χ0) is 31.8. The molecule has 0 saturated carbocycles. The molecule has 0 atom stereocenters. The number of anilines is 3. The third-order valence-electron chi connectivity index (χ3n) is 9.61. The summed E-state index contributed by atoms with van der Waals surface area (Å²) in [5.74, 6) is 2.63. The molecule has 4 nitrogen and oxygen atoms in total. The Balaban J connectivity index is 1.54. The predicted octanol–water partition coefficient (Wildman–Crippen LogP) is 10.4.